The van der Waals surface area contributed by atoms with Crippen molar-refractivity contribution in [1.82, 2.24) is 9.62 Å². The van der Waals surface area contributed by atoms with Crippen LogP contribution in [0, 0.1) is 29.6 Å². The SMILES string of the molecule is CC(C)CN(C[C@@H](O)[C@H](Cc1ccccc1)NC(=O)C[C@H]1C2CO[C@H]3OC[C@@H]1C3C2)S(=O)(=O)c1ccc(P(=O)([O-])[O-])cc1.[Li+].[Li+]. The Morgan fingerprint density at radius 2 is 1.67 bits per heavy atom. The third-order valence-corrected chi connectivity index (χ3v) is 11.6. The number of benzene rings is 2. The van der Waals surface area contributed by atoms with E-state index in [2.05, 4.69) is 5.32 Å². The van der Waals surface area contributed by atoms with E-state index in [0.717, 1.165) is 40.6 Å². The first-order valence-corrected chi connectivity index (χ1v) is 17.7. The van der Waals surface area contributed by atoms with E-state index in [1.165, 1.54) is 0 Å². The number of nitrogens with one attached hydrogen (secondary N) is 1. The normalized spacial score (nSPS) is 25.4. The molecule has 7 atom stereocenters. The van der Waals surface area contributed by atoms with Crippen LogP contribution in [0.1, 0.15) is 32.3 Å². The second-order valence-electron chi connectivity index (χ2n) is 12.4. The Balaban J connectivity index is 0.00000276. The van der Waals surface area contributed by atoms with Gasteiger partial charge in [0.05, 0.1) is 30.3 Å². The minimum Gasteiger partial charge on any atom is -0.807 e. The van der Waals surface area contributed by atoms with Gasteiger partial charge >= 0.3 is 37.7 Å². The summed E-state index contributed by atoms with van der Waals surface area (Å²) in [5, 5.41) is 14.0. The van der Waals surface area contributed by atoms with Crippen LogP contribution in [0.2, 0.25) is 0 Å². The molecule has 0 spiro atoms. The number of carbonyl (C=O) groups is 1. The van der Waals surface area contributed by atoms with E-state index in [4.69, 9.17) is 9.47 Å². The van der Waals surface area contributed by atoms with Crippen LogP contribution >= 0.6 is 7.60 Å². The molecule has 2 N–H and O–H groups in total. The summed E-state index contributed by atoms with van der Waals surface area (Å²) in [5.74, 6) is 0.652. The second-order valence-corrected chi connectivity index (χ2v) is 15.8. The molecule has 1 saturated carbocycles. The first-order chi connectivity index (χ1) is 20.3. The minimum absolute atomic E-state index is 0. The van der Waals surface area contributed by atoms with E-state index in [0.29, 0.717) is 19.1 Å². The molecule has 1 amide bonds. The summed E-state index contributed by atoms with van der Waals surface area (Å²) >= 11 is 0. The van der Waals surface area contributed by atoms with Gasteiger partial charge in [-0.3, -0.25) is 4.79 Å². The van der Waals surface area contributed by atoms with E-state index in [1.807, 2.05) is 44.2 Å². The largest absolute Gasteiger partial charge is 1.00 e. The van der Waals surface area contributed by atoms with Crippen molar-refractivity contribution in [3.05, 3.63) is 60.2 Å². The predicted molar refractivity (Wildman–Crippen MR) is 154 cm³/mol. The summed E-state index contributed by atoms with van der Waals surface area (Å²) in [4.78, 5) is 36.0. The molecule has 0 aromatic heterocycles. The number of aliphatic hydroxyl groups is 1. The molecule has 2 aliphatic heterocycles. The van der Waals surface area contributed by atoms with Gasteiger partial charge in [-0.1, -0.05) is 56.3 Å². The summed E-state index contributed by atoms with van der Waals surface area (Å²) < 4.78 is 51.4. The maximum atomic E-state index is 13.7. The molecule has 2 aromatic carbocycles. The van der Waals surface area contributed by atoms with Crippen LogP contribution in [0.3, 0.4) is 0 Å². The summed E-state index contributed by atoms with van der Waals surface area (Å²) in [5.41, 5.74) is 0.873. The van der Waals surface area contributed by atoms with Gasteiger partial charge in [-0.25, -0.2) is 8.42 Å². The second kappa shape index (κ2) is 16.0. The summed E-state index contributed by atoms with van der Waals surface area (Å²) in [7, 11) is -9.23. The number of fused-ring (bicyclic) bond motifs is 1. The number of rotatable bonds is 13. The van der Waals surface area contributed by atoms with E-state index >= 15 is 0 Å². The zero-order valence-corrected chi connectivity index (χ0v) is 28.0. The summed E-state index contributed by atoms with van der Waals surface area (Å²) in [6.07, 6.45) is 0.0952. The molecular formula is C30H39Li2N2O9PS. The van der Waals surface area contributed by atoms with Gasteiger partial charge in [-0.15, -0.1) is 0 Å². The Labute approximate surface area is 289 Å². The molecule has 5 rings (SSSR count). The number of aliphatic hydroxyl groups excluding tert-OH is 1. The van der Waals surface area contributed by atoms with E-state index < -0.39 is 35.1 Å². The van der Waals surface area contributed by atoms with Crippen LogP contribution in [-0.2, 0) is 35.3 Å². The van der Waals surface area contributed by atoms with Gasteiger partial charge in [-0.2, -0.15) is 4.31 Å². The average molecular weight is 649 g/mol. The molecule has 15 heteroatoms. The molecule has 2 bridgehead atoms. The number of hydrogen-bond donors (Lipinski definition) is 2. The Morgan fingerprint density at radius 3 is 2.29 bits per heavy atom. The fraction of sp³-hybridized carbons (Fsp3) is 0.567. The summed E-state index contributed by atoms with van der Waals surface area (Å²) in [6.45, 7) is 4.58. The van der Waals surface area contributed by atoms with Crippen LogP contribution in [0.4, 0.5) is 0 Å². The molecule has 45 heavy (non-hydrogen) atoms. The van der Waals surface area contributed by atoms with Crippen molar-refractivity contribution in [2.45, 2.75) is 56.4 Å². The van der Waals surface area contributed by atoms with Crippen LogP contribution in [-0.4, -0.2) is 68.5 Å². The Hall–Kier alpha value is -0.955. The van der Waals surface area contributed by atoms with Gasteiger partial charge < -0.3 is 34.2 Å². The fourth-order valence-electron chi connectivity index (χ4n) is 6.75. The van der Waals surface area contributed by atoms with Crippen LogP contribution < -0.4 is 58.1 Å². The van der Waals surface area contributed by atoms with Crippen LogP contribution in [0.5, 0.6) is 0 Å². The molecule has 1 aliphatic carbocycles. The zero-order valence-electron chi connectivity index (χ0n) is 26.3. The zero-order chi connectivity index (χ0) is 30.9. The van der Waals surface area contributed by atoms with Crippen molar-refractivity contribution in [2.75, 3.05) is 26.3 Å². The van der Waals surface area contributed by atoms with Gasteiger partial charge in [0.25, 0.3) is 0 Å². The molecule has 3 fully saturated rings. The van der Waals surface area contributed by atoms with Gasteiger partial charge in [0.2, 0.25) is 15.9 Å². The van der Waals surface area contributed by atoms with Crippen molar-refractivity contribution in [3.63, 3.8) is 0 Å². The topological polar surface area (TPSA) is 168 Å². The Kier molecular flexibility index (Phi) is 13.7. The number of ether oxygens (including phenoxy) is 2. The standard InChI is InChI=1S/C30H41N2O9PS.2Li/c1-19(2)15-32(43(38,39)23-10-8-22(9-11-23)42(35,36)37)16-28(33)27(12-20-6-4-3-5-7-20)31-29(34)14-24-21-13-25-26(24)18-41-30(25)40-17-21;;/h3-11,19,21,24-28,30,33H,12-18H2,1-2H3,(H,31,34)(H2,35,36,37);;/q;2*+1/p-2/t21?,24-,25?,26-,27-,28+,30-;;/m0../s1. The molecule has 2 heterocycles. The number of hydrogen-bond acceptors (Lipinski definition) is 9. The summed E-state index contributed by atoms with van der Waals surface area (Å²) in [6, 6.07) is 12.7. The molecular weight excluding hydrogens is 609 g/mol. The van der Waals surface area contributed by atoms with Crippen molar-refractivity contribution in [1.29, 1.82) is 0 Å². The maximum Gasteiger partial charge on any atom is 1.00 e. The van der Waals surface area contributed by atoms with Crippen molar-refractivity contribution < 1.29 is 79.9 Å². The van der Waals surface area contributed by atoms with Gasteiger partial charge in [-0.05, 0) is 67.1 Å². The molecule has 2 unspecified atom stereocenters. The van der Waals surface area contributed by atoms with Gasteiger partial charge in [0.15, 0.2) is 6.29 Å². The fourth-order valence-corrected chi connectivity index (χ4v) is 8.89. The smallest absolute Gasteiger partial charge is 0.807 e. The quantitative estimate of drug-likeness (QED) is 0.159. The molecule has 3 aliphatic rings. The minimum atomic E-state index is -5.04. The average Bonchev–Trinajstić information content (AvgIpc) is 3.49. The van der Waals surface area contributed by atoms with Crippen molar-refractivity contribution >= 4 is 28.8 Å². The molecule has 2 saturated heterocycles. The molecule has 2 aromatic rings. The monoisotopic (exact) mass is 648 g/mol. The van der Waals surface area contributed by atoms with Gasteiger partial charge in [0, 0.05) is 25.4 Å². The maximum absolute atomic E-state index is 13.7. The predicted octanol–water partition coefficient (Wildman–Crippen LogP) is -5.39. The number of amides is 1. The van der Waals surface area contributed by atoms with E-state index in [-0.39, 0.29) is 104 Å². The first-order valence-electron chi connectivity index (χ1n) is 14.7. The number of carbonyl (C=O) groups excluding carboxylic acids is 1. The third-order valence-electron chi connectivity index (χ3n) is 8.84. The first kappa shape index (κ1) is 38.5. The van der Waals surface area contributed by atoms with E-state index in [9.17, 15) is 32.7 Å². The van der Waals surface area contributed by atoms with Crippen LogP contribution in [0.25, 0.3) is 0 Å². The van der Waals surface area contributed by atoms with Crippen LogP contribution in [0.15, 0.2) is 59.5 Å². The number of sulfonamides is 1. The van der Waals surface area contributed by atoms with Gasteiger partial charge in [0.1, 0.15) is 0 Å². The molecule has 236 valence electrons. The molecule has 0 radical (unpaired) electrons. The molecule has 11 nitrogen and oxygen atoms in total. The van der Waals surface area contributed by atoms with E-state index in [1.54, 1.807) is 0 Å². The Morgan fingerprint density at radius 1 is 1.02 bits per heavy atom. The van der Waals surface area contributed by atoms with Crippen molar-refractivity contribution in [3.8, 4) is 0 Å². The Bertz CT molecular complexity index is 1430. The third kappa shape index (κ3) is 9.15. The van der Waals surface area contributed by atoms with Crippen molar-refractivity contribution in [2.24, 2.45) is 29.6 Å². The number of nitrogens with zero attached hydrogens (tertiary/aromatic N) is 1.